The van der Waals surface area contributed by atoms with Gasteiger partial charge in [0.1, 0.15) is 0 Å². The van der Waals surface area contributed by atoms with Crippen LogP contribution in [-0.2, 0) is 14.9 Å². The third-order valence-corrected chi connectivity index (χ3v) is 5.97. The van der Waals surface area contributed by atoms with E-state index in [1.807, 2.05) is 18.2 Å². The number of ether oxygens (including phenoxy) is 1. The lowest BCUT2D eigenvalue weighted by molar-refractivity contribution is -0.150. The van der Waals surface area contributed by atoms with Gasteiger partial charge in [-0.25, -0.2) is 0 Å². The minimum absolute atomic E-state index is 0.121. The molecule has 1 aromatic carbocycles. The highest BCUT2D eigenvalue weighted by Crippen LogP contribution is 2.48. The second-order valence-corrected chi connectivity index (χ2v) is 7.12. The standard InChI is InChI=1S/C16H21BrN2O2/c1-19-11-4-5-12(19)9-16(8-11,15(20)21-2)10-3-6-14(18)13(17)7-10/h3,6-7,11-12H,4-5,8-9,18H2,1-2H3. The van der Waals surface area contributed by atoms with Gasteiger partial charge < -0.3 is 15.4 Å². The van der Waals surface area contributed by atoms with Gasteiger partial charge in [-0.05, 0) is 66.4 Å². The van der Waals surface area contributed by atoms with Gasteiger partial charge in [0.2, 0.25) is 0 Å². The van der Waals surface area contributed by atoms with E-state index in [1.54, 1.807) is 0 Å². The molecule has 0 saturated carbocycles. The molecule has 5 heteroatoms. The summed E-state index contributed by atoms with van der Waals surface area (Å²) in [5.74, 6) is -0.121. The molecule has 2 bridgehead atoms. The van der Waals surface area contributed by atoms with Crippen molar-refractivity contribution in [3.63, 3.8) is 0 Å². The number of anilines is 1. The molecular formula is C16H21BrN2O2. The number of carbonyl (C=O) groups excluding carboxylic acids is 1. The number of hydrogen-bond donors (Lipinski definition) is 1. The molecule has 0 aliphatic carbocycles. The van der Waals surface area contributed by atoms with Crippen LogP contribution < -0.4 is 5.73 Å². The fourth-order valence-corrected chi connectivity index (χ4v) is 4.39. The maximum atomic E-state index is 12.6. The average molecular weight is 353 g/mol. The van der Waals surface area contributed by atoms with Gasteiger partial charge in [0.25, 0.3) is 0 Å². The first-order valence-electron chi connectivity index (χ1n) is 7.34. The second-order valence-electron chi connectivity index (χ2n) is 6.27. The number of benzene rings is 1. The summed E-state index contributed by atoms with van der Waals surface area (Å²) in [6.45, 7) is 0. The lowest BCUT2D eigenvalue weighted by atomic mass is 9.70. The quantitative estimate of drug-likeness (QED) is 0.656. The summed E-state index contributed by atoms with van der Waals surface area (Å²) in [5, 5.41) is 0. The number of esters is 1. The van der Waals surface area contributed by atoms with E-state index in [2.05, 4.69) is 27.9 Å². The molecule has 1 aromatic rings. The van der Waals surface area contributed by atoms with Crippen molar-refractivity contribution in [2.45, 2.75) is 43.2 Å². The number of methoxy groups -OCH3 is 1. The Labute approximate surface area is 133 Å². The number of halogens is 1. The lowest BCUT2D eigenvalue weighted by Gasteiger charge is -2.43. The minimum Gasteiger partial charge on any atom is -0.468 e. The molecule has 2 fully saturated rings. The van der Waals surface area contributed by atoms with E-state index in [4.69, 9.17) is 10.5 Å². The Hall–Kier alpha value is -1.07. The van der Waals surface area contributed by atoms with Crippen molar-refractivity contribution in [3.8, 4) is 0 Å². The van der Waals surface area contributed by atoms with Crippen LogP contribution in [0.5, 0.6) is 0 Å². The predicted molar refractivity (Wildman–Crippen MR) is 86.1 cm³/mol. The summed E-state index contributed by atoms with van der Waals surface area (Å²) in [6.07, 6.45) is 3.97. The number of hydrogen-bond acceptors (Lipinski definition) is 4. The zero-order valence-corrected chi connectivity index (χ0v) is 14.0. The Morgan fingerprint density at radius 1 is 1.38 bits per heavy atom. The van der Waals surface area contributed by atoms with Crippen LogP contribution >= 0.6 is 15.9 Å². The fraction of sp³-hybridized carbons (Fsp3) is 0.562. The van der Waals surface area contributed by atoms with Crippen molar-refractivity contribution in [3.05, 3.63) is 28.2 Å². The molecule has 21 heavy (non-hydrogen) atoms. The van der Waals surface area contributed by atoms with Crippen molar-refractivity contribution in [1.82, 2.24) is 4.90 Å². The molecule has 3 rings (SSSR count). The largest absolute Gasteiger partial charge is 0.468 e. The van der Waals surface area contributed by atoms with E-state index < -0.39 is 5.41 Å². The number of fused-ring (bicyclic) bond motifs is 2. The van der Waals surface area contributed by atoms with E-state index >= 15 is 0 Å². The average Bonchev–Trinajstić information content (AvgIpc) is 2.71. The van der Waals surface area contributed by atoms with Crippen molar-refractivity contribution < 1.29 is 9.53 Å². The van der Waals surface area contributed by atoms with Gasteiger partial charge in [-0.3, -0.25) is 4.79 Å². The second kappa shape index (κ2) is 5.29. The third-order valence-electron chi connectivity index (χ3n) is 5.28. The van der Waals surface area contributed by atoms with Crippen LogP contribution in [-0.4, -0.2) is 37.1 Å². The Morgan fingerprint density at radius 2 is 2.00 bits per heavy atom. The molecule has 2 aliphatic heterocycles. The Kier molecular flexibility index (Phi) is 3.74. The van der Waals surface area contributed by atoms with Gasteiger partial charge in [0, 0.05) is 22.2 Å². The molecule has 0 radical (unpaired) electrons. The van der Waals surface area contributed by atoms with Crippen molar-refractivity contribution in [2.24, 2.45) is 0 Å². The van der Waals surface area contributed by atoms with Gasteiger partial charge in [-0.15, -0.1) is 0 Å². The summed E-state index contributed by atoms with van der Waals surface area (Å²) in [4.78, 5) is 15.0. The van der Waals surface area contributed by atoms with E-state index in [0.29, 0.717) is 17.8 Å². The van der Waals surface area contributed by atoms with Gasteiger partial charge in [-0.1, -0.05) is 6.07 Å². The molecule has 0 spiro atoms. The van der Waals surface area contributed by atoms with Crippen LogP contribution in [0.3, 0.4) is 0 Å². The summed E-state index contributed by atoms with van der Waals surface area (Å²) < 4.78 is 6.02. The number of piperidine rings is 1. The van der Waals surface area contributed by atoms with Gasteiger partial charge >= 0.3 is 5.97 Å². The molecule has 2 aliphatic rings. The monoisotopic (exact) mass is 352 g/mol. The lowest BCUT2D eigenvalue weighted by Crippen LogP contribution is -2.51. The molecule has 2 saturated heterocycles. The molecule has 0 amide bonds. The normalized spacial score (nSPS) is 32.1. The van der Waals surface area contributed by atoms with Crippen LogP contribution in [0.2, 0.25) is 0 Å². The van der Waals surface area contributed by atoms with E-state index in [1.165, 1.54) is 7.11 Å². The summed E-state index contributed by atoms with van der Waals surface area (Å²) >= 11 is 3.48. The molecular weight excluding hydrogens is 332 g/mol. The first kappa shape index (κ1) is 14.9. The molecule has 114 valence electrons. The van der Waals surface area contributed by atoms with Crippen LogP contribution in [0.15, 0.2) is 22.7 Å². The highest BCUT2D eigenvalue weighted by Gasteiger charge is 2.52. The summed E-state index contributed by atoms with van der Waals surface area (Å²) in [5.41, 5.74) is 7.05. The van der Waals surface area contributed by atoms with Crippen LogP contribution in [0.4, 0.5) is 5.69 Å². The summed E-state index contributed by atoms with van der Waals surface area (Å²) in [6, 6.07) is 6.74. The molecule has 2 N–H and O–H groups in total. The maximum absolute atomic E-state index is 12.6. The van der Waals surface area contributed by atoms with Crippen molar-refractivity contribution in [1.29, 1.82) is 0 Å². The van der Waals surface area contributed by atoms with Crippen LogP contribution in [0, 0.1) is 0 Å². The highest BCUT2D eigenvalue weighted by atomic mass is 79.9. The molecule has 2 unspecified atom stereocenters. The first-order chi connectivity index (χ1) is 9.98. The van der Waals surface area contributed by atoms with E-state index in [9.17, 15) is 4.79 Å². The number of nitrogens with two attached hydrogens (primary N) is 1. The summed E-state index contributed by atoms with van der Waals surface area (Å²) in [7, 11) is 3.65. The van der Waals surface area contributed by atoms with Gasteiger partial charge in [0.15, 0.2) is 0 Å². The zero-order valence-electron chi connectivity index (χ0n) is 12.4. The van der Waals surface area contributed by atoms with E-state index in [0.717, 1.165) is 35.7 Å². The number of nitrogen functional groups attached to an aromatic ring is 1. The molecule has 0 aromatic heterocycles. The Bertz CT molecular complexity index is 561. The van der Waals surface area contributed by atoms with Crippen molar-refractivity contribution >= 4 is 27.6 Å². The maximum Gasteiger partial charge on any atom is 0.316 e. The number of nitrogens with zero attached hydrogens (tertiary/aromatic N) is 1. The molecule has 2 atom stereocenters. The topological polar surface area (TPSA) is 55.6 Å². The predicted octanol–water partition coefficient (Wildman–Crippen LogP) is 2.70. The Morgan fingerprint density at radius 3 is 2.52 bits per heavy atom. The van der Waals surface area contributed by atoms with Crippen LogP contribution in [0.1, 0.15) is 31.2 Å². The molecule has 4 nitrogen and oxygen atoms in total. The van der Waals surface area contributed by atoms with E-state index in [-0.39, 0.29) is 5.97 Å². The van der Waals surface area contributed by atoms with Crippen molar-refractivity contribution in [2.75, 3.05) is 19.9 Å². The zero-order chi connectivity index (χ0) is 15.2. The number of carbonyl (C=O) groups is 1. The van der Waals surface area contributed by atoms with Gasteiger partial charge in [0.05, 0.1) is 12.5 Å². The number of rotatable bonds is 2. The van der Waals surface area contributed by atoms with Crippen LogP contribution in [0.25, 0.3) is 0 Å². The molecule has 2 heterocycles. The smallest absolute Gasteiger partial charge is 0.316 e. The van der Waals surface area contributed by atoms with Gasteiger partial charge in [-0.2, -0.15) is 0 Å². The fourth-order valence-electron chi connectivity index (χ4n) is 4.01. The third kappa shape index (κ3) is 2.27. The first-order valence-corrected chi connectivity index (χ1v) is 8.13. The minimum atomic E-state index is -0.538. The Balaban J connectivity index is 2.06. The SMILES string of the molecule is COC(=O)C1(c2ccc(N)c(Br)c2)CC2CCC(C1)N2C. The highest BCUT2D eigenvalue weighted by molar-refractivity contribution is 9.10.